The van der Waals surface area contributed by atoms with E-state index in [9.17, 15) is 0 Å². The number of hydrogen-bond acceptors (Lipinski definition) is 4. The molecule has 1 aliphatic heterocycles. The summed E-state index contributed by atoms with van der Waals surface area (Å²) in [6.45, 7) is 1.82. The summed E-state index contributed by atoms with van der Waals surface area (Å²) in [5, 5.41) is 7.35. The molecule has 4 heteroatoms. The molecular formula is C15H21N3S. The van der Waals surface area contributed by atoms with Crippen LogP contribution in [0.4, 0.5) is 5.69 Å². The largest absolute Gasteiger partial charge is 0.354 e. The molecule has 102 valence electrons. The normalized spacial score (nSPS) is 19.9. The minimum atomic E-state index is 0.827. The summed E-state index contributed by atoms with van der Waals surface area (Å²) in [5.41, 5.74) is 1.11. The number of nitrogens with zero attached hydrogens (tertiary/aromatic N) is 1. The van der Waals surface area contributed by atoms with Crippen molar-refractivity contribution in [1.82, 2.24) is 5.32 Å². The predicted octanol–water partition coefficient (Wildman–Crippen LogP) is 3.48. The third-order valence-corrected chi connectivity index (χ3v) is 5.00. The Hall–Kier alpha value is -1.16. The number of aliphatic imine (C=N–C) groups is 1. The molecule has 0 amide bonds. The Labute approximate surface area is 119 Å². The fourth-order valence-electron chi connectivity index (χ4n) is 2.61. The molecule has 3 rings (SSSR count). The second-order valence-electron chi connectivity index (χ2n) is 5.18. The van der Waals surface area contributed by atoms with E-state index in [-0.39, 0.29) is 0 Å². The van der Waals surface area contributed by atoms with Crippen molar-refractivity contribution in [3.05, 3.63) is 24.3 Å². The van der Waals surface area contributed by atoms with E-state index in [2.05, 4.69) is 39.9 Å². The molecule has 0 radical (unpaired) electrons. The van der Waals surface area contributed by atoms with E-state index in [0.29, 0.717) is 0 Å². The molecule has 19 heavy (non-hydrogen) atoms. The summed E-state index contributed by atoms with van der Waals surface area (Å²) in [5.74, 6) is 0.896. The van der Waals surface area contributed by atoms with Gasteiger partial charge in [-0.25, -0.2) is 0 Å². The zero-order valence-corrected chi connectivity index (χ0v) is 12.0. The predicted molar refractivity (Wildman–Crippen MR) is 83.1 cm³/mol. The van der Waals surface area contributed by atoms with Gasteiger partial charge in [0.15, 0.2) is 5.96 Å². The van der Waals surface area contributed by atoms with Crippen molar-refractivity contribution in [2.75, 3.05) is 18.4 Å². The summed E-state index contributed by atoms with van der Waals surface area (Å²) in [7, 11) is 0. The number of hydrogen-bond donors (Lipinski definition) is 2. The molecule has 3 nitrogen and oxygen atoms in total. The first kappa shape index (κ1) is 12.9. The van der Waals surface area contributed by atoms with E-state index in [0.717, 1.165) is 30.0 Å². The van der Waals surface area contributed by atoms with E-state index in [1.165, 1.54) is 37.0 Å². The summed E-state index contributed by atoms with van der Waals surface area (Å²) in [6.07, 6.45) is 7.00. The third kappa shape index (κ3) is 3.66. The average molecular weight is 275 g/mol. The number of rotatable bonds is 3. The van der Waals surface area contributed by atoms with Crippen LogP contribution in [0.25, 0.3) is 0 Å². The molecule has 2 N–H and O–H groups in total. The van der Waals surface area contributed by atoms with E-state index < -0.39 is 0 Å². The topological polar surface area (TPSA) is 36.4 Å². The Morgan fingerprint density at radius 2 is 1.89 bits per heavy atom. The number of nitrogens with one attached hydrogen (secondary N) is 2. The second-order valence-corrected chi connectivity index (χ2v) is 6.56. The summed E-state index contributed by atoms with van der Waals surface area (Å²) in [4.78, 5) is 5.72. The van der Waals surface area contributed by atoms with Crippen molar-refractivity contribution in [2.24, 2.45) is 4.99 Å². The minimum Gasteiger partial charge on any atom is -0.354 e. The van der Waals surface area contributed by atoms with E-state index in [4.69, 9.17) is 0 Å². The van der Waals surface area contributed by atoms with Crippen LogP contribution in [0.15, 0.2) is 34.2 Å². The molecule has 1 heterocycles. The standard InChI is InChI=1S/C15H21N3S/c1-2-4-13(5-3-1)19-14-8-6-12(7-9-14)18-15-16-10-11-17-15/h6-9,13H,1-5,10-11H2,(H2,16,17,18). The van der Waals surface area contributed by atoms with Crippen molar-refractivity contribution in [1.29, 1.82) is 0 Å². The maximum atomic E-state index is 4.34. The highest BCUT2D eigenvalue weighted by molar-refractivity contribution is 8.00. The number of thioether (sulfide) groups is 1. The maximum absolute atomic E-state index is 4.34. The Balaban J connectivity index is 1.55. The van der Waals surface area contributed by atoms with Gasteiger partial charge in [-0.15, -0.1) is 11.8 Å². The van der Waals surface area contributed by atoms with E-state index in [1.807, 2.05) is 11.8 Å². The van der Waals surface area contributed by atoms with Gasteiger partial charge in [0, 0.05) is 22.4 Å². The number of anilines is 1. The molecule has 0 unspecified atom stereocenters. The lowest BCUT2D eigenvalue weighted by molar-refractivity contribution is 0.516. The van der Waals surface area contributed by atoms with Gasteiger partial charge in [0.25, 0.3) is 0 Å². The number of benzene rings is 1. The van der Waals surface area contributed by atoms with Crippen molar-refractivity contribution >= 4 is 23.4 Å². The second kappa shape index (κ2) is 6.33. The lowest BCUT2D eigenvalue weighted by Crippen LogP contribution is -2.26. The van der Waals surface area contributed by atoms with Crippen LogP contribution in [0.2, 0.25) is 0 Å². The van der Waals surface area contributed by atoms with Gasteiger partial charge in [0.05, 0.1) is 6.54 Å². The van der Waals surface area contributed by atoms with E-state index in [1.54, 1.807) is 0 Å². The maximum Gasteiger partial charge on any atom is 0.195 e. The molecule has 1 saturated carbocycles. The zero-order chi connectivity index (χ0) is 12.9. The molecule has 0 atom stereocenters. The molecule has 1 aromatic carbocycles. The molecule has 0 spiro atoms. The summed E-state index contributed by atoms with van der Waals surface area (Å²) >= 11 is 2.04. The van der Waals surface area contributed by atoms with Crippen LogP contribution < -0.4 is 10.6 Å². The Morgan fingerprint density at radius 3 is 2.58 bits per heavy atom. The third-order valence-electron chi connectivity index (χ3n) is 3.65. The van der Waals surface area contributed by atoms with Crippen LogP contribution in [0.3, 0.4) is 0 Å². The molecular weight excluding hydrogens is 254 g/mol. The van der Waals surface area contributed by atoms with Gasteiger partial charge >= 0.3 is 0 Å². The van der Waals surface area contributed by atoms with Crippen molar-refractivity contribution in [3.63, 3.8) is 0 Å². The molecule has 0 saturated heterocycles. The fraction of sp³-hybridized carbons (Fsp3) is 0.533. The van der Waals surface area contributed by atoms with Gasteiger partial charge in [-0.2, -0.15) is 0 Å². The van der Waals surface area contributed by atoms with Gasteiger partial charge in [-0.1, -0.05) is 19.3 Å². The first-order valence-electron chi connectivity index (χ1n) is 7.22. The van der Waals surface area contributed by atoms with Gasteiger partial charge < -0.3 is 10.6 Å². The minimum absolute atomic E-state index is 0.827. The molecule has 0 bridgehead atoms. The molecule has 1 fully saturated rings. The van der Waals surface area contributed by atoms with Crippen LogP contribution in [0.1, 0.15) is 32.1 Å². The average Bonchev–Trinajstić information content (AvgIpc) is 2.95. The highest BCUT2D eigenvalue weighted by atomic mass is 32.2. The first-order chi connectivity index (χ1) is 9.40. The van der Waals surface area contributed by atoms with Crippen LogP contribution in [-0.2, 0) is 0 Å². The van der Waals surface area contributed by atoms with Gasteiger partial charge in [-0.05, 0) is 37.1 Å². The van der Waals surface area contributed by atoms with Crippen molar-refractivity contribution in [3.8, 4) is 0 Å². The SMILES string of the molecule is c1cc(SC2CCCCC2)ccc1NC1=NCCN1. The molecule has 1 aromatic rings. The highest BCUT2D eigenvalue weighted by Gasteiger charge is 2.14. The smallest absolute Gasteiger partial charge is 0.195 e. The molecule has 2 aliphatic rings. The Kier molecular flexibility index (Phi) is 4.28. The molecule has 0 aromatic heterocycles. The zero-order valence-electron chi connectivity index (χ0n) is 11.2. The van der Waals surface area contributed by atoms with Crippen molar-refractivity contribution < 1.29 is 0 Å². The van der Waals surface area contributed by atoms with Crippen LogP contribution in [0, 0.1) is 0 Å². The van der Waals surface area contributed by atoms with Crippen molar-refractivity contribution in [2.45, 2.75) is 42.2 Å². The lowest BCUT2D eigenvalue weighted by Gasteiger charge is -2.21. The summed E-state index contributed by atoms with van der Waals surface area (Å²) in [6, 6.07) is 8.73. The monoisotopic (exact) mass is 275 g/mol. The summed E-state index contributed by atoms with van der Waals surface area (Å²) < 4.78 is 0. The van der Waals surface area contributed by atoms with Crippen LogP contribution in [0.5, 0.6) is 0 Å². The van der Waals surface area contributed by atoms with Crippen LogP contribution in [-0.4, -0.2) is 24.3 Å². The Bertz CT molecular complexity index is 435. The number of guanidine groups is 1. The van der Waals surface area contributed by atoms with Gasteiger partial charge in [-0.3, -0.25) is 4.99 Å². The van der Waals surface area contributed by atoms with Crippen LogP contribution >= 0.6 is 11.8 Å². The van der Waals surface area contributed by atoms with E-state index >= 15 is 0 Å². The Morgan fingerprint density at radius 1 is 1.11 bits per heavy atom. The molecule has 1 aliphatic carbocycles. The first-order valence-corrected chi connectivity index (χ1v) is 8.10. The fourth-order valence-corrected chi connectivity index (χ4v) is 3.86. The highest BCUT2D eigenvalue weighted by Crippen LogP contribution is 2.33. The van der Waals surface area contributed by atoms with Gasteiger partial charge in [0.1, 0.15) is 0 Å². The van der Waals surface area contributed by atoms with Gasteiger partial charge in [0.2, 0.25) is 0 Å². The quantitative estimate of drug-likeness (QED) is 0.886. The lowest BCUT2D eigenvalue weighted by atomic mass is 10.0.